The summed E-state index contributed by atoms with van der Waals surface area (Å²) in [5.41, 5.74) is 1.44. The number of methoxy groups -OCH3 is 2. The number of ether oxygens (including phenoxy) is 2. The van der Waals surface area contributed by atoms with E-state index in [-0.39, 0.29) is 18.5 Å². The van der Waals surface area contributed by atoms with Crippen LogP contribution < -0.4 is 5.32 Å². The molecule has 1 rings (SSSR count). The molecule has 0 fully saturated rings. The molecule has 0 radical (unpaired) electrons. The van der Waals surface area contributed by atoms with Gasteiger partial charge in [0, 0.05) is 5.70 Å². The first kappa shape index (κ1) is 15.5. The summed E-state index contributed by atoms with van der Waals surface area (Å²) in [4.78, 5) is 22.2. The number of hydrogen-bond donors (Lipinski definition) is 1. The molecule has 0 amide bonds. The summed E-state index contributed by atoms with van der Waals surface area (Å²) in [6.45, 7) is 4.09. The molecule has 1 N–H and O–H groups in total. The second-order valence-corrected chi connectivity index (χ2v) is 3.23. The maximum atomic E-state index is 11.3. The Bertz CT molecular complexity index is 297. The van der Waals surface area contributed by atoms with Crippen LogP contribution in [-0.4, -0.2) is 32.7 Å². The zero-order valence-electron chi connectivity index (χ0n) is 11.0. The number of carbonyl (C=O) groups is 2. The van der Waals surface area contributed by atoms with Gasteiger partial charge in [-0.2, -0.15) is 0 Å². The standard InChI is InChI=1S/C10H15NO4.C2H6/c1-14-9(12)6-11-8-5-3-4-7(8)10(13)15-2;1-2/h11H,3-6H2,1-2H3;1-2H3. The largest absolute Gasteiger partial charge is 0.468 e. The Labute approximate surface area is 102 Å². The summed E-state index contributed by atoms with van der Waals surface area (Å²) in [5, 5.41) is 2.90. The van der Waals surface area contributed by atoms with Crippen molar-refractivity contribution in [2.75, 3.05) is 20.8 Å². The van der Waals surface area contributed by atoms with Crippen LogP contribution in [0.4, 0.5) is 0 Å². The summed E-state index contributed by atoms with van der Waals surface area (Å²) >= 11 is 0. The van der Waals surface area contributed by atoms with Crippen LogP contribution in [0.1, 0.15) is 33.1 Å². The topological polar surface area (TPSA) is 64.6 Å². The average molecular weight is 243 g/mol. The van der Waals surface area contributed by atoms with Gasteiger partial charge in [-0.1, -0.05) is 13.8 Å². The molecule has 1 aliphatic carbocycles. The first-order valence-corrected chi connectivity index (χ1v) is 5.80. The highest BCUT2D eigenvalue weighted by Gasteiger charge is 2.21. The molecule has 5 nitrogen and oxygen atoms in total. The highest BCUT2D eigenvalue weighted by molar-refractivity contribution is 5.89. The van der Waals surface area contributed by atoms with E-state index in [1.807, 2.05) is 13.8 Å². The number of esters is 2. The number of allylic oxidation sites excluding steroid dienone is 1. The lowest BCUT2D eigenvalue weighted by Crippen LogP contribution is -2.24. The van der Waals surface area contributed by atoms with Gasteiger partial charge in [0.1, 0.15) is 6.54 Å². The van der Waals surface area contributed by atoms with Crippen LogP contribution in [0.2, 0.25) is 0 Å². The molecule has 17 heavy (non-hydrogen) atoms. The van der Waals surface area contributed by atoms with Crippen molar-refractivity contribution in [1.29, 1.82) is 0 Å². The molecule has 98 valence electrons. The Balaban J connectivity index is 0.00000121. The molecule has 0 heterocycles. The van der Waals surface area contributed by atoms with Gasteiger partial charge in [0.05, 0.1) is 19.8 Å². The smallest absolute Gasteiger partial charge is 0.335 e. The van der Waals surface area contributed by atoms with Crippen LogP contribution in [0.3, 0.4) is 0 Å². The second kappa shape index (κ2) is 8.61. The minimum absolute atomic E-state index is 0.0896. The molecule has 0 aliphatic heterocycles. The van der Waals surface area contributed by atoms with Gasteiger partial charge in [-0.15, -0.1) is 0 Å². The first-order chi connectivity index (χ1) is 8.19. The van der Waals surface area contributed by atoms with Gasteiger partial charge >= 0.3 is 11.9 Å². The van der Waals surface area contributed by atoms with E-state index in [0.29, 0.717) is 12.0 Å². The third kappa shape index (κ3) is 4.89. The van der Waals surface area contributed by atoms with Crippen molar-refractivity contribution in [3.8, 4) is 0 Å². The van der Waals surface area contributed by atoms with Crippen molar-refractivity contribution in [2.24, 2.45) is 0 Å². The van der Waals surface area contributed by atoms with Crippen molar-refractivity contribution in [1.82, 2.24) is 5.32 Å². The SMILES string of the molecule is CC.COC(=O)CNC1=C(C(=O)OC)CCC1. The van der Waals surface area contributed by atoms with Crippen molar-refractivity contribution < 1.29 is 19.1 Å². The Morgan fingerprint density at radius 3 is 2.35 bits per heavy atom. The fourth-order valence-corrected chi connectivity index (χ4v) is 1.54. The number of carbonyl (C=O) groups excluding carboxylic acids is 2. The summed E-state index contributed by atoms with van der Waals surface area (Å²) in [6.07, 6.45) is 2.39. The number of rotatable bonds is 4. The average Bonchev–Trinajstić information content (AvgIpc) is 2.85. The molecule has 0 aromatic rings. The zero-order chi connectivity index (χ0) is 13.3. The third-order valence-electron chi connectivity index (χ3n) is 2.32. The van der Waals surface area contributed by atoms with Gasteiger partial charge in [-0.3, -0.25) is 4.79 Å². The predicted molar refractivity (Wildman–Crippen MR) is 64.3 cm³/mol. The van der Waals surface area contributed by atoms with E-state index >= 15 is 0 Å². The summed E-state index contributed by atoms with van der Waals surface area (Å²) < 4.78 is 9.14. The van der Waals surface area contributed by atoms with Gasteiger partial charge in [0.2, 0.25) is 0 Å². The minimum atomic E-state index is -0.349. The van der Waals surface area contributed by atoms with Crippen LogP contribution in [0.5, 0.6) is 0 Å². The van der Waals surface area contributed by atoms with E-state index in [9.17, 15) is 9.59 Å². The van der Waals surface area contributed by atoms with E-state index in [1.54, 1.807) is 0 Å². The highest BCUT2D eigenvalue weighted by Crippen LogP contribution is 2.24. The van der Waals surface area contributed by atoms with Crippen molar-refractivity contribution >= 4 is 11.9 Å². The Morgan fingerprint density at radius 2 is 1.82 bits per heavy atom. The molecule has 0 aromatic carbocycles. The molecule has 5 heteroatoms. The van der Waals surface area contributed by atoms with E-state index < -0.39 is 0 Å². The fourth-order valence-electron chi connectivity index (χ4n) is 1.54. The quantitative estimate of drug-likeness (QED) is 0.756. The van der Waals surface area contributed by atoms with E-state index in [0.717, 1.165) is 18.5 Å². The molecule has 0 aromatic heterocycles. The van der Waals surface area contributed by atoms with Gasteiger partial charge in [0.25, 0.3) is 0 Å². The predicted octanol–water partition coefficient (Wildman–Crippen LogP) is 1.39. The van der Waals surface area contributed by atoms with E-state index in [4.69, 9.17) is 0 Å². The third-order valence-corrected chi connectivity index (χ3v) is 2.32. The molecule has 0 bridgehead atoms. The van der Waals surface area contributed by atoms with Gasteiger partial charge in [-0.25, -0.2) is 4.79 Å². The van der Waals surface area contributed by atoms with Crippen LogP contribution >= 0.6 is 0 Å². The lowest BCUT2D eigenvalue weighted by molar-refractivity contribution is -0.139. The fraction of sp³-hybridized carbons (Fsp3) is 0.667. The molecular formula is C12H21NO4. The molecule has 0 spiro atoms. The summed E-state index contributed by atoms with van der Waals surface area (Å²) in [6, 6.07) is 0. The minimum Gasteiger partial charge on any atom is -0.468 e. The molecule has 0 unspecified atom stereocenters. The molecule has 0 atom stereocenters. The lowest BCUT2D eigenvalue weighted by atomic mass is 10.2. The van der Waals surface area contributed by atoms with Crippen LogP contribution in [0.15, 0.2) is 11.3 Å². The zero-order valence-corrected chi connectivity index (χ0v) is 11.0. The van der Waals surface area contributed by atoms with Gasteiger partial charge < -0.3 is 14.8 Å². The highest BCUT2D eigenvalue weighted by atomic mass is 16.5. The van der Waals surface area contributed by atoms with Crippen LogP contribution in [0, 0.1) is 0 Å². The molecule has 1 aliphatic rings. The van der Waals surface area contributed by atoms with E-state index in [2.05, 4.69) is 14.8 Å². The van der Waals surface area contributed by atoms with Crippen LogP contribution in [0.25, 0.3) is 0 Å². The van der Waals surface area contributed by atoms with Crippen molar-refractivity contribution in [2.45, 2.75) is 33.1 Å². The monoisotopic (exact) mass is 243 g/mol. The van der Waals surface area contributed by atoms with Crippen LogP contribution in [-0.2, 0) is 19.1 Å². The van der Waals surface area contributed by atoms with Crippen molar-refractivity contribution in [3.05, 3.63) is 11.3 Å². The normalized spacial score (nSPS) is 13.6. The molecule has 0 saturated heterocycles. The Kier molecular flexibility index (Phi) is 7.84. The summed E-state index contributed by atoms with van der Waals surface area (Å²) in [5.74, 6) is -0.668. The maximum Gasteiger partial charge on any atom is 0.335 e. The molecular weight excluding hydrogens is 222 g/mol. The first-order valence-electron chi connectivity index (χ1n) is 5.80. The van der Waals surface area contributed by atoms with Crippen molar-refractivity contribution in [3.63, 3.8) is 0 Å². The second-order valence-electron chi connectivity index (χ2n) is 3.23. The Morgan fingerprint density at radius 1 is 1.18 bits per heavy atom. The molecule has 0 saturated carbocycles. The Hall–Kier alpha value is -1.52. The number of nitrogens with one attached hydrogen (secondary N) is 1. The summed E-state index contributed by atoms with van der Waals surface area (Å²) in [7, 11) is 2.68. The maximum absolute atomic E-state index is 11.3. The number of hydrogen-bond acceptors (Lipinski definition) is 5. The van der Waals surface area contributed by atoms with Gasteiger partial charge in [-0.05, 0) is 19.3 Å². The van der Waals surface area contributed by atoms with Gasteiger partial charge in [0.15, 0.2) is 0 Å². The lowest BCUT2D eigenvalue weighted by Gasteiger charge is -2.08. The van der Waals surface area contributed by atoms with E-state index in [1.165, 1.54) is 14.2 Å².